The van der Waals surface area contributed by atoms with E-state index in [1.54, 1.807) is 6.07 Å². The Morgan fingerprint density at radius 2 is 2.11 bits per heavy atom. The molecule has 100 valence electrons. The summed E-state index contributed by atoms with van der Waals surface area (Å²) in [6.07, 6.45) is 5.59. The van der Waals surface area contributed by atoms with E-state index in [0.717, 1.165) is 24.7 Å². The van der Waals surface area contributed by atoms with E-state index in [-0.39, 0.29) is 5.82 Å². The van der Waals surface area contributed by atoms with Crippen LogP contribution in [0.2, 0.25) is 0 Å². The highest BCUT2D eigenvalue weighted by molar-refractivity contribution is 5.42. The second-order valence-corrected chi connectivity index (χ2v) is 5.35. The van der Waals surface area contributed by atoms with Gasteiger partial charge in [0.25, 0.3) is 0 Å². The van der Waals surface area contributed by atoms with Crippen molar-refractivity contribution in [2.24, 2.45) is 5.92 Å². The molecular formula is C15H23FN2. The normalized spacial score (nSPS) is 16.4. The fraction of sp³-hybridized carbons (Fsp3) is 0.600. The zero-order valence-electron chi connectivity index (χ0n) is 11.2. The molecule has 1 saturated carbocycles. The molecule has 1 aromatic rings. The van der Waals surface area contributed by atoms with Gasteiger partial charge in [-0.3, -0.25) is 0 Å². The highest BCUT2D eigenvalue weighted by Gasteiger charge is 2.16. The lowest BCUT2D eigenvalue weighted by molar-refractivity contribution is 0.287. The molecule has 18 heavy (non-hydrogen) atoms. The molecule has 1 aromatic carbocycles. The standard InChI is InChI=1S/C15H23FN2/c1-18(12-13-5-2-3-6-13)10-9-17-15-8-4-7-14(16)11-15/h4,7-8,11,13,17H,2-3,5-6,9-10,12H2,1H3. The molecule has 1 N–H and O–H groups in total. The minimum absolute atomic E-state index is 0.181. The highest BCUT2D eigenvalue weighted by atomic mass is 19.1. The predicted octanol–water partition coefficient (Wildman–Crippen LogP) is 3.36. The van der Waals surface area contributed by atoms with E-state index in [2.05, 4.69) is 17.3 Å². The van der Waals surface area contributed by atoms with Gasteiger partial charge in [0, 0.05) is 25.3 Å². The zero-order valence-corrected chi connectivity index (χ0v) is 11.2. The zero-order chi connectivity index (χ0) is 12.8. The van der Waals surface area contributed by atoms with Gasteiger partial charge in [0.05, 0.1) is 0 Å². The summed E-state index contributed by atoms with van der Waals surface area (Å²) in [6.45, 7) is 3.07. The highest BCUT2D eigenvalue weighted by Crippen LogP contribution is 2.24. The van der Waals surface area contributed by atoms with Gasteiger partial charge in [-0.2, -0.15) is 0 Å². The summed E-state index contributed by atoms with van der Waals surface area (Å²) < 4.78 is 13.0. The average Bonchev–Trinajstić information content (AvgIpc) is 2.82. The van der Waals surface area contributed by atoms with Gasteiger partial charge in [-0.1, -0.05) is 18.9 Å². The number of hydrogen-bond acceptors (Lipinski definition) is 2. The van der Waals surface area contributed by atoms with Gasteiger partial charge < -0.3 is 10.2 Å². The van der Waals surface area contributed by atoms with Crippen LogP contribution in [0, 0.1) is 11.7 Å². The number of hydrogen-bond donors (Lipinski definition) is 1. The van der Waals surface area contributed by atoms with Crippen LogP contribution in [0.1, 0.15) is 25.7 Å². The van der Waals surface area contributed by atoms with E-state index in [0.29, 0.717) is 0 Å². The minimum atomic E-state index is -0.181. The van der Waals surface area contributed by atoms with Crippen LogP contribution in [-0.4, -0.2) is 31.6 Å². The molecule has 0 aliphatic heterocycles. The summed E-state index contributed by atoms with van der Waals surface area (Å²) in [4.78, 5) is 2.38. The molecule has 0 atom stereocenters. The molecule has 2 rings (SSSR count). The predicted molar refractivity (Wildman–Crippen MR) is 74.3 cm³/mol. The third kappa shape index (κ3) is 4.30. The summed E-state index contributed by atoms with van der Waals surface area (Å²) in [5, 5.41) is 3.26. The summed E-state index contributed by atoms with van der Waals surface area (Å²) in [5.41, 5.74) is 0.865. The van der Waals surface area contributed by atoms with E-state index in [1.165, 1.54) is 44.4 Å². The molecule has 0 radical (unpaired) electrons. The fourth-order valence-corrected chi connectivity index (χ4v) is 2.71. The average molecular weight is 250 g/mol. The van der Waals surface area contributed by atoms with Crippen LogP contribution >= 0.6 is 0 Å². The maximum atomic E-state index is 13.0. The topological polar surface area (TPSA) is 15.3 Å². The lowest BCUT2D eigenvalue weighted by atomic mass is 10.1. The molecule has 0 bridgehead atoms. The Hall–Kier alpha value is -1.09. The van der Waals surface area contributed by atoms with E-state index < -0.39 is 0 Å². The Labute approximate surface area is 109 Å². The van der Waals surface area contributed by atoms with Crippen molar-refractivity contribution < 1.29 is 4.39 Å². The minimum Gasteiger partial charge on any atom is -0.384 e. The first-order valence-corrected chi connectivity index (χ1v) is 6.92. The molecule has 3 heteroatoms. The molecule has 0 aromatic heterocycles. The van der Waals surface area contributed by atoms with Crippen LogP contribution in [0.15, 0.2) is 24.3 Å². The van der Waals surface area contributed by atoms with Crippen molar-refractivity contribution in [1.82, 2.24) is 4.90 Å². The monoisotopic (exact) mass is 250 g/mol. The Morgan fingerprint density at radius 3 is 2.83 bits per heavy atom. The summed E-state index contributed by atoms with van der Waals surface area (Å²) in [7, 11) is 2.17. The number of rotatable bonds is 6. The number of halogens is 1. The molecule has 1 aliphatic carbocycles. The largest absolute Gasteiger partial charge is 0.384 e. The molecule has 0 heterocycles. The second-order valence-electron chi connectivity index (χ2n) is 5.35. The first kappa shape index (κ1) is 13.3. The maximum Gasteiger partial charge on any atom is 0.125 e. The van der Waals surface area contributed by atoms with Crippen molar-refractivity contribution in [3.63, 3.8) is 0 Å². The van der Waals surface area contributed by atoms with Crippen LogP contribution in [-0.2, 0) is 0 Å². The van der Waals surface area contributed by atoms with Crippen LogP contribution < -0.4 is 5.32 Å². The van der Waals surface area contributed by atoms with E-state index >= 15 is 0 Å². The van der Waals surface area contributed by atoms with Gasteiger partial charge in [0.1, 0.15) is 5.82 Å². The maximum absolute atomic E-state index is 13.0. The van der Waals surface area contributed by atoms with E-state index in [1.807, 2.05) is 6.07 Å². The molecular weight excluding hydrogens is 227 g/mol. The molecule has 1 fully saturated rings. The quantitative estimate of drug-likeness (QED) is 0.833. The molecule has 1 aliphatic rings. The first-order chi connectivity index (χ1) is 8.74. The molecule has 0 unspecified atom stereocenters. The fourth-order valence-electron chi connectivity index (χ4n) is 2.71. The third-order valence-corrected chi connectivity index (χ3v) is 3.69. The van der Waals surface area contributed by atoms with Crippen molar-refractivity contribution in [3.8, 4) is 0 Å². The first-order valence-electron chi connectivity index (χ1n) is 6.92. The van der Waals surface area contributed by atoms with Crippen LogP contribution in [0.25, 0.3) is 0 Å². The Balaban J connectivity index is 1.65. The van der Waals surface area contributed by atoms with Crippen molar-refractivity contribution in [2.45, 2.75) is 25.7 Å². The summed E-state index contributed by atoms with van der Waals surface area (Å²) in [6, 6.07) is 6.65. The lowest BCUT2D eigenvalue weighted by Crippen LogP contribution is -2.29. The van der Waals surface area contributed by atoms with E-state index in [4.69, 9.17) is 0 Å². The smallest absolute Gasteiger partial charge is 0.125 e. The van der Waals surface area contributed by atoms with Crippen LogP contribution in [0.3, 0.4) is 0 Å². The number of nitrogens with one attached hydrogen (secondary N) is 1. The number of nitrogens with zero attached hydrogens (tertiary/aromatic N) is 1. The SMILES string of the molecule is CN(CCNc1cccc(F)c1)CC1CCCC1. The molecule has 2 nitrogen and oxygen atoms in total. The summed E-state index contributed by atoms with van der Waals surface area (Å²) in [5.74, 6) is 0.712. The van der Waals surface area contributed by atoms with Crippen molar-refractivity contribution >= 4 is 5.69 Å². The Morgan fingerprint density at radius 1 is 1.33 bits per heavy atom. The van der Waals surface area contributed by atoms with Crippen molar-refractivity contribution in [2.75, 3.05) is 32.0 Å². The van der Waals surface area contributed by atoms with Gasteiger partial charge >= 0.3 is 0 Å². The van der Waals surface area contributed by atoms with Gasteiger partial charge in [-0.25, -0.2) is 4.39 Å². The molecule has 0 amide bonds. The van der Waals surface area contributed by atoms with Crippen molar-refractivity contribution in [1.29, 1.82) is 0 Å². The van der Waals surface area contributed by atoms with Crippen molar-refractivity contribution in [3.05, 3.63) is 30.1 Å². The third-order valence-electron chi connectivity index (χ3n) is 3.69. The Kier molecular flexibility index (Phi) is 5.00. The second kappa shape index (κ2) is 6.74. The Bertz CT molecular complexity index is 361. The van der Waals surface area contributed by atoms with Gasteiger partial charge in [-0.05, 0) is 44.0 Å². The molecule has 0 saturated heterocycles. The van der Waals surface area contributed by atoms with Gasteiger partial charge in [0.2, 0.25) is 0 Å². The lowest BCUT2D eigenvalue weighted by Gasteiger charge is -2.21. The number of likely N-dealkylation sites (N-methyl/N-ethyl adjacent to an activating group) is 1. The number of benzene rings is 1. The van der Waals surface area contributed by atoms with Gasteiger partial charge in [0.15, 0.2) is 0 Å². The van der Waals surface area contributed by atoms with E-state index in [9.17, 15) is 4.39 Å². The summed E-state index contributed by atoms with van der Waals surface area (Å²) >= 11 is 0. The van der Waals surface area contributed by atoms with Crippen LogP contribution in [0.5, 0.6) is 0 Å². The number of anilines is 1. The van der Waals surface area contributed by atoms with Crippen LogP contribution in [0.4, 0.5) is 10.1 Å². The van der Waals surface area contributed by atoms with Gasteiger partial charge in [-0.15, -0.1) is 0 Å². The molecule has 0 spiro atoms.